The van der Waals surface area contributed by atoms with Gasteiger partial charge in [-0.15, -0.1) is 0 Å². The van der Waals surface area contributed by atoms with Gasteiger partial charge in [-0.25, -0.2) is 0 Å². The van der Waals surface area contributed by atoms with E-state index < -0.39 is 0 Å². The Labute approximate surface area is 169 Å². The molecule has 0 radical (unpaired) electrons. The fourth-order valence-electron chi connectivity index (χ4n) is 5.08. The Morgan fingerprint density at radius 3 is 1.48 bits per heavy atom. The molecule has 7 rings (SSSR count). The van der Waals surface area contributed by atoms with Crippen molar-refractivity contribution in [2.75, 3.05) is 0 Å². The lowest BCUT2D eigenvalue weighted by molar-refractivity contribution is 1.27. The molecule has 0 aliphatic heterocycles. The fourth-order valence-corrected chi connectivity index (χ4v) is 5.08. The molecule has 0 heteroatoms. The van der Waals surface area contributed by atoms with Crippen LogP contribution in [0.2, 0.25) is 0 Å². The van der Waals surface area contributed by atoms with E-state index in [9.17, 15) is 0 Å². The Kier molecular flexibility index (Phi) is 2.88. The van der Waals surface area contributed by atoms with Gasteiger partial charge >= 0.3 is 0 Å². The van der Waals surface area contributed by atoms with Gasteiger partial charge in [-0.3, -0.25) is 0 Å². The van der Waals surface area contributed by atoms with Gasteiger partial charge < -0.3 is 0 Å². The van der Waals surface area contributed by atoms with Crippen LogP contribution < -0.4 is 0 Å². The van der Waals surface area contributed by atoms with E-state index in [-0.39, 0.29) is 0 Å². The van der Waals surface area contributed by atoms with E-state index in [2.05, 4.69) is 97.1 Å². The third-order valence-corrected chi connectivity index (χ3v) is 6.53. The van der Waals surface area contributed by atoms with Gasteiger partial charge in [-0.05, 0) is 114 Å². The smallest absolute Gasteiger partial charge is 0.00132 e. The molecule has 6 aromatic carbocycles. The fraction of sp³-hybridized carbons (Fsp3) is 0.0345. The van der Waals surface area contributed by atoms with Crippen molar-refractivity contribution in [3.63, 3.8) is 0 Å². The van der Waals surface area contributed by atoms with Crippen LogP contribution in [0.4, 0.5) is 0 Å². The van der Waals surface area contributed by atoms with Crippen LogP contribution in [0, 0.1) is 0 Å². The van der Waals surface area contributed by atoms with E-state index in [0.29, 0.717) is 0 Å². The van der Waals surface area contributed by atoms with Crippen molar-refractivity contribution < 1.29 is 0 Å². The highest BCUT2D eigenvalue weighted by Gasteiger charge is 2.18. The van der Waals surface area contributed by atoms with Gasteiger partial charge in [0.2, 0.25) is 0 Å². The molecule has 29 heavy (non-hydrogen) atoms. The number of fused-ring (bicyclic) bond motifs is 7. The molecule has 134 valence electrons. The highest BCUT2D eigenvalue weighted by atomic mass is 14.2. The number of hydrogen-bond acceptors (Lipinski definition) is 0. The summed E-state index contributed by atoms with van der Waals surface area (Å²) < 4.78 is 0. The molecule has 0 nitrogen and oxygen atoms in total. The highest BCUT2D eigenvalue weighted by Crippen LogP contribution is 2.40. The summed E-state index contributed by atoms with van der Waals surface area (Å²) in [5.41, 5.74) is 5.69. The normalized spacial score (nSPS) is 12.7. The molecule has 0 fully saturated rings. The summed E-state index contributed by atoms with van der Waals surface area (Å²) in [4.78, 5) is 0. The summed E-state index contributed by atoms with van der Waals surface area (Å²) in [6.07, 6.45) is 1.04. The number of benzene rings is 6. The number of hydrogen-bond donors (Lipinski definition) is 0. The van der Waals surface area contributed by atoms with Gasteiger partial charge in [-0.1, -0.05) is 54.6 Å². The quantitative estimate of drug-likeness (QED) is 0.240. The standard InChI is InChI=1S/C29H18/c1-2-6-19-10-22-13-24-15-26-17-29-27(11-20-7-3-4-8-28(20)29)16-25(26)14-23(24)12-21(22)9-18(19)5-1/h1-10,12-17H,11H2. The first-order chi connectivity index (χ1) is 14.3. The van der Waals surface area contributed by atoms with Crippen molar-refractivity contribution >= 4 is 43.1 Å². The molecule has 0 saturated heterocycles. The van der Waals surface area contributed by atoms with Crippen LogP contribution in [-0.2, 0) is 6.42 Å². The van der Waals surface area contributed by atoms with Gasteiger partial charge in [0.25, 0.3) is 0 Å². The van der Waals surface area contributed by atoms with Gasteiger partial charge in [0, 0.05) is 0 Å². The minimum absolute atomic E-state index is 1.04. The Balaban J connectivity index is 1.51. The molecule has 0 atom stereocenters. The second-order valence-corrected chi connectivity index (χ2v) is 8.29. The van der Waals surface area contributed by atoms with Crippen LogP contribution >= 0.6 is 0 Å². The lowest BCUT2D eigenvalue weighted by Crippen LogP contribution is -1.84. The van der Waals surface area contributed by atoms with Gasteiger partial charge in [0.15, 0.2) is 0 Å². The summed E-state index contributed by atoms with van der Waals surface area (Å²) in [6.45, 7) is 0. The molecular formula is C29H18. The van der Waals surface area contributed by atoms with Crippen LogP contribution in [0.1, 0.15) is 11.1 Å². The lowest BCUT2D eigenvalue weighted by Gasteiger charge is -2.09. The molecule has 0 bridgehead atoms. The lowest BCUT2D eigenvalue weighted by atomic mass is 9.95. The molecular weight excluding hydrogens is 348 g/mol. The Bertz CT molecular complexity index is 1620. The Morgan fingerprint density at radius 2 is 0.828 bits per heavy atom. The summed E-state index contributed by atoms with van der Waals surface area (Å²) in [5.74, 6) is 0. The second kappa shape index (κ2) is 5.46. The van der Waals surface area contributed by atoms with Crippen LogP contribution in [0.15, 0.2) is 97.1 Å². The number of rotatable bonds is 0. The highest BCUT2D eigenvalue weighted by molar-refractivity contribution is 6.08. The van der Waals surface area contributed by atoms with Crippen LogP contribution in [0.25, 0.3) is 54.2 Å². The van der Waals surface area contributed by atoms with Crippen LogP contribution in [0.3, 0.4) is 0 Å². The molecule has 0 N–H and O–H groups in total. The maximum absolute atomic E-state index is 2.40. The predicted molar refractivity (Wildman–Crippen MR) is 125 cm³/mol. The van der Waals surface area contributed by atoms with Gasteiger partial charge in [0.1, 0.15) is 0 Å². The third kappa shape index (κ3) is 2.20. The van der Waals surface area contributed by atoms with Crippen LogP contribution in [-0.4, -0.2) is 0 Å². The van der Waals surface area contributed by atoms with Crippen molar-refractivity contribution in [3.05, 3.63) is 108 Å². The SMILES string of the molecule is c1ccc2c(c1)Cc1cc3cc4cc5cc6ccccc6cc5cc4cc3cc1-2. The van der Waals surface area contributed by atoms with E-state index in [1.165, 1.54) is 65.3 Å². The van der Waals surface area contributed by atoms with E-state index in [0.717, 1.165) is 6.42 Å². The molecule has 0 saturated carbocycles. The van der Waals surface area contributed by atoms with Crippen molar-refractivity contribution in [1.82, 2.24) is 0 Å². The largest absolute Gasteiger partial charge is 0.0619 e. The minimum Gasteiger partial charge on any atom is -0.0619 e. The topological polar surface area (TPSA) is 0 Å². The Hall–Kier alpha value is -3.64. The van der Waals surface area contributed by atoms with Gasteiger partial charge in [-0.2, -0.15) is 0 Å². The molecule has 0 spiro atoms. The average molecular weight is 366 g/mol. The van der Waals surface area contributed by atoms with Crippen LogP contribution in [0.5, 0.6) is 0 Å². The third-order valence-electron chi connectivity index (χ3n) is 6.53. The van der Waals surface area contributed by atoms with Crippen molar-refractivity contribution in [2.45, 2.75) is 6.42 Å². The van der Waals surface area contributed by atoms with E-state index >= 15 is 0 Å². The van der Waals surface area contributed by atoms with Gasteiger partial charge in [0.05, 0.1) is 0 Å². The Morgan fingerprint density at radius 1 is 0.345 bits per heavy atom. The van der Waals surface area contributed by atoms with Crippen molar-refractivity contribution in [3.8, 4) is 11.1 Å². The molecule has 0 heterocycles. The van der Waals surface area contributed by atoms with E-state index in [4.69, 9.17) is 0 Å². The van der Waals surface area contributed by atoms with Crippen molar-refractivity contribution in [1.29, 1.82) is 0 Å². The maximum Gasteiger partial charge on any atom is -0.00132 e. The zero-order chi connectivity index (χ0) is 18.9. The monoisotopic (exact) mass is 366 g/mol. The van der Waals surface area contributed by atoms with E-state index in [1.807, 2.05) is 0 Å². The maximum atomic E-state index is 2.40. The second-order valence-electron chi connectivity index (χ2n) is 8.29. The predicted octanol–water partition coefficient (Wildman–Crippen LogP) is 7.87. The first kappa shape index (κ1) is 15.3. The zero-order valence-electron chi connectivity index (χ0n) is 15.9. The first-order valence-corrected chi connectivity index (χ1v) is 10.2. The van der Waals surface area contributed by atoms with E-state index in [1.54, 1.807) is 0 Å². The molecule has 0 unspecified atom stereocenters. The zero-order valence-corrected chi connectivity index (χ0v) is 15.9. The summed E-state index contributed by atoms with van der Waals surface area (Å²) in [6, 6.07) is 36.3. The molecule has 6 aromatic rings. The molecule has 0 aromatic heterocycles. The summed E-state index contributed by atoms with van der Waals surface area (Å²) >= 11 is 0. The molecule has 1 aliphatic carbocycles. The minimum atomic E-state index is 1.04. The molecule has 0 amide bonds. The average Bonchev–Trinajstić information content (AvgIpc) is 3.10. The first-order valence-electron chi connectivity index (χ1n) is 10.2. The summed E-state index contributed by atoms with van der Waals surface area (Å²) in [5, 5.41) is 10.5. The summed E-state index contributed by atoms with van der Waals surface area (Å²) in [7, 11) is 0. The van der Waals surface area contributed by atoms with Crippen molar-refractivity contribution in [2.24, 2.45) is 0 Å². The molecule has 1 aliphatic rings.